The maximum Gasteiger partial charge on any atom is 0.308 e. The van der Waals surface area contributed by atoms with Crippen molar-refractivity contribution in [2.45, 2.75) is 51.4 Å². The molecule has 0 saturated carbocycles. The molecule has 4 aliphatic heterocycles. The van der Waals surface area contributed by atoms with Crippen molar-refractivity contribution in [1.29, 1.82) is 0 Å². The minimum absolute atomic E-state index is 0. The van der Waals surface area contributed by atoms with Crippen LogP contribution in [0.4, 0.5) is 0 Å². The summed E-state index contributed by atoms with van der Waals surface area (Å²) in [6.45, 7) is 10.9. The highest BCUT2D eigenvalue weighted by Crippen LogP contribution is 2.72. The maximum atomic E-state index is 2.97. The summed E-state index contributed by atoms with van der Waals surface area (Å²) in [5, 5.41) is 0. The van der Waals surface area contributed by atoms with Gasteiger partial charge in [0.15, 0.2) is 0 Å². The van der Waals surface area contributed by atoms with Crippen LogP contribution in [0.15, 0.2) is 0 Å². The molecule has 4 aliphatic rings. The van der Waals surface area contributed by atoms with Crippen LogP contribution in [0.25, 0.3) is 0 Å². The highest BCUT2D eigenvalue weighted by atomic mass is 79.9. The molecule has 4 rings (SSSR count). The third kappa shape index (κ3) is 2.91. The first kappa shape index (κ1) is 17.6. The van der Waals surface area contributed by atoms with Crippen LogP contribution in [0.2, 0.25) is 0 Å². The first-order valence-electron chi connectivity index (χ1n) is 9.33. The van der Waals surface area contributed by atoms with E-state index in [2.05, 4.69) is 18.7 Å². The average Bonchev–Trinajstić information content (AvgIpc) is 3.32. The lowest BCUT2D eigenvalue weighted by Gasteiger charge is -2.47. The predicted molar refractivity (Wildman–Crippen MR) is 90.1 cm³/mol. The second kappa shape index (κ2) is 7.76. The molecule has 0 aromatic heterocycles. The van der Waals surface area contributed by atoms with E-state index in [-0.39, 0.29) is 17.0 Å². The average molecular weight is 391 g/mol. The number of nitrogens with zero attached hydrogens (tertiary/aromatic N) is 4. The Balaban J connectivity index is 0.00000144. The van der Waals surface area contributed by atoms with Gasteiger partial charge < -0.3 is 17.0 Å². The molecular formula is C16H32BrN4P. The van der Waals surface area contributed by atoms with Crippen LogP contribution < -0.4 is 17.0 Å². The van der Waals surface area contributed by atoms with Crippen LogP contribution in [-0.2, 0) is 0 Å². The Labute approximate surface area is 147 Å². The Hall–Kier alpha value is 0.750. The number of halogens is 1. The van der Waals surface area contributed by atoms with Crippen molar-refractivity contribution in [3.8, 4) is 0 Å². The molecule has 0 spiro atoms. The molecule has 4 heterocycles. The van der Waals surface area contributed by atoms with Crippen LogP contribution >= 0.6 is 7.87 Å². The molecule has 128 valence electrons. The fraction of sp³-hybridized carbons (Fsp3) is 1.00. The monoisotopic (exact) mass is 390 g/mol. The van der Waals surface area contributed by atoms with E-state index in [4.69, 9.17) is 0 Å². The van der Waals surface area contributed by atoms with Gasteiger partial charge in [0.25, 0.3) is 0 Å². The van der Waals surface area contributed by atoms with E-state index in [1.807, 2.05) is 0 Å². The van der Waals surface area contributed by atoms with Crippen molar-refractivity contribution in [3.63, 3.8) is 0 Å². The van der Waals surface area contributed by atoms with Crippen molar-refractivity contribution in [1.82, 2.24) is 18.7 Å². The van der Waals surface area contributed by atoms with Crippen molar-refractivity contribution < 1.29 is 17.0 Å². The van der Waals surface area contributed by atoms with Gasteiger partial charge in [-0.3, -0.25) is 0 Å². The first-order chi connectivity index (χ1) is 10.4. The van der Waals surface area contributed by atoms with Gasteiger partial charge in [0.05, 0.1) is 0 Å². The van der Waals surface area contributed by atoms with Crippen LogP contribution in [0.3, 0.4) is 0 Å². The minimum Gasteiger partial charge on any atom is -1.00 e. The van der Waals surface area contributed by atoms with E-state index in [9.17, 15) is 0 Å². The Morgan fingerprint density at radius 1 is 0.364 bits per heavy atom. The zero-order valence-electron chi connectivity index (χ0n) is 13.9. The molecule has 0 unspecified atom stereocenters. The van der Waals surface area contributed by atoms with Gasteiger partial charge in [0.1, 0.15) is 0 Å². The lowest BCUT2D eigenvalue weighted by Crippen LogP contribution is -3.00. The summed E-state index contributed by atoms with van der Waals surface area (Å²) in [5.41, 5.74) is 0. The minimum atomic E-state index is -1.35. The molecule has 4 fully saturated rings. The van der Waals surface area contributed by atoms with Crippen molar-refractivity contribution in [2.75, 3.05) is 52.4 Å². The van der Waals surface area contributed by atoms with Gasteiger partial charge >= 0.3 is 7.87 Å². The van der Waals surface area contributed by atoms with E-state index in [1.54, 1.807) is 0 Å². The fourth-order valence-corrected chi connectivity index (χ4v) is 10.4. The lowest BCUT2D eigenvalue weighted by atomic mass is 10.4. The fourth-order valence-electron chi connectivity index (χ4n) is 4.95. The lowest BCUT2D eigenvalue weighted by molar-refractivity contribution is -0.00000474. The van der Waals surface area contributed by atoms with Crippen LogP contribution in [0.1, 0.15) is 51.4 Å². The summed E-state index contributed by atoms with van der Waals surface area (Å²) in [7, 11) is -1.35. The highest BCUT2D eigenvalue weighted by Gasteiger charge is 2.63. The van der Waals surface area contributed by atoms with Crippen molar-refractivity contribution in [2.24, 2.45) is 0 Å². The van der Waals surface area contributed by atoms with E-state index in [1.165, 1.54) is 104 Å². The smallest absolute Gasteiger partial charge is 0.308 e. The molecule has 4 saturated heterocycles. The Morgan fingerprint density at radius 2 is 0.545 bits per heavy atom. The molecule has 6 heteroatoms. The summed E-state index contributed by atoms with van der Waals surface area (Å²) in [5.74, 6) is 0. The normalized spacial score (nSPS) is 29.5. The Morgan fingerprint density at radius 3 is 0.727 bits per heavy atom. The van der Waals surface area contributed by atoms with Gasteiger partial charge in [-0.2, -0.15) is 0 Å². The van der Waals surface area contributed by atoms with Gasteiger partial charge in [-0.1, -0.05) is 0 Å². The van der Waals surface area contributed by atoms with Gasteiger partial charge in [0.2, 0.25) is 0 Å². The summed E-state index contributed by atoms with van der Waals surface area (Å²) >= 11 is 0. The Kier molecular flexibility index (Phi) is 6.19. The maximum absolute atomic E-state index is 2.97. The quantitative estimate of drug-likeness (QED) is 0.628. The van der Waals surface area contributed by atoms with Gasteiger partial charge in [-0.05, 0) is 51.4 Å². The Bertz CT molecular complexity index is 277. The number of hydrogen-bond donors (Lipinski definition) is 0. The van der Waals surface area contributed by atoms with Crippen LogP contribution in [-0.4, -0.2) is 71.0 Å². The molecule has 0 aliphatic carbocycles. The summed E-state index contributed by atoms with van der Waals surface area (Å²) < 4.78 is 11.9. The SMILES string of the molecule is C1CCN([P+](N2CCCC2)(N2CCCC2)N2CCCC2)C1.[Br-]. The topological polar surface area (TPSA) is 13.0 Å². The molecule has 4 nitrogen and oxygen atoms in total. The second-order valence-electron chi connectivity index (χ2n) is 7.18. The van der Waals surface area contributed by atoms with Crippen LogP contribution in [0.5, 0.6) is 0 Å². The summed E-state index contributed by atoms with van der Waals surface area (Å²) in [6, 6.07) is 0. The van der Waals surface area contributed by atoms with Gasteiger partial charge in [-0.25, -0.2) is 0 Å². The van der Waals surface area contributed by atoms with E-state index < -0.39 is 7.87 Å². The zero-order chi connectivity index (χ0) is 14.1. The molecule has 0 N–H and O–H groups in total. The third-order valence-corrected chi connectivity index (χ3v) is 10.5. The van der Waals surface area contributed by atoms with E-state index in [0.717, 1.165) is 0 Å². The van der Waals surface area contributed by atoms with E-state index >= 15 is 0 Å². The molecule has 0 radical (unpaired) electrons. The third-order valence-electron chi connectivity index (χ3n) is 5.85. The van der Waals surface area contributed by atoms with Crippen LogP contribution in [0, 0.1) is 0 Å². The molecule has 0 bridgehead atoms. The second-order valence-corrected chi connectivity index (χ2v) is 10.5. The number of rotatable bonds is 4. The summed E-state index contributed by atoms with van der Waals surface area (Å²) in [6.07, 6.45) is 11.4. The van der Waals surface area contributed by atoms with E-state index in [0.29, 0.717) is 0 Å². The summed E-state index contributed by atoms with van der Waals surface area (Å²) in [4.78, 5) is 0. The van der Waals surface area contributed by atoms with Crippen molar-refractivity contribution in [3.05, 3.63) is 0 Å². The molecule has 0 atom stereocenters. The molecule has 0 aromatic carbocycles. The van der Waals surface area contributed by atoms with Gasteiger partial charge in [-0.15, -0.1) is 18.7 Å². The zero-order valence-corrected chi connectivity index (χ0v) is 16.4. The highest BCUT2D eigenvalue weighted by molar-refractivity contribution is 7.66. The van der Waals surface area contributed by atoms with Crippen molar-refractivity contribution >= 4 is 7.87 Å². The number of hydrogen-bond acceptors (Lipinski definition) is 4. The largest absolute Gasteiger partial charge is 1.00 e. The van der Waals surface area contributed by atoms with Gasteiger partial charge in [0, 0.05) is 52.4 Å². The molecule has 0 aromatic rings. The molecular weight excluding hydrogens is 359 g/mol. The predicted octanol–water partition coefficient (Wildman–Crippen LogP) is 0.0512. The molecule has 22 heavy (non-hydrogen) atoms. The molecule has 0 amide bonds. The first-order valence-corrected chi connectivity index (χ1v) is 10.9. The standard InChI is InChI=1S/C16H32N4P.BrH/c1-2-10-17(9-1)21(18-11-3-4-12-18,19-13-5-6-14-19)20-15-7-8-16-20;/h1-16H2;1H/q+1;/p-1.